The van der Waals surface area contributed by atoms with E-state index in [9.17, 15) is 19.9 Å². The summed E-state index contributed by atoms with van der Waals surface area (Å²) in [5.41, 5.74) is -0.229. The summed E-state index contributed by atoms with van der Waals surface area (Å²) in [5, 5.41) is 22.0. The molecule has 3 aliphatic rings. The molecular weight excluding hydrogens is 258 g/mol. The van der Waals surface area contributed by atoms with Crippen LogP contribution >= 0.6 is 0 Å². The molecule has 110 valence electrons. The van der Waals surface area contributed by atoms with Crippen molar-refractivity contribution in [1.82, 2.24) is 0 Å². The Morgan fingerprint density at radius 3 is 2.65 bits per heavy atom. The third-order valence-electron chi connectivity index (χ3n) is 6.66. The number of hydrogen-bond acceptors (Lipinski definition) is 4. The zero-order valence-corrected chi connectivity index (χ0v) is 12.1. The minimum atomic E-state index is -0.898. The van der Waals surface area contributed by atoms with Gasteiger partial charge in [-0.3, -0.25) is 9.59 Å². The lowest BCUT2D eigenvalue weighted by molar-refractivity contribution is -0.152. The molecule has 3 aliphatic carbocycles. The first-order valence-corrected chi connectivity index (χ1v) is 7.28. The molecule has 0 aromatic heterocycles. The number of aliphatic carboxylic acids is 1. The summed E-state index contributed by atoms with van der Waals surface area (Å²) in [4.78, 5) is 24.5. The Kier molecular flexibility index (Phi) is 2.60. The predicted octanol–water partition coefficient (Wildman–Crippen LogP) is 2.18. The fourth-order valence-electron chi connectivity index (χ4n) is 5.55. The Labute approximate surface area is 118 Å². The molecule has 0 saturated heterocycles. The fraction of sp³-hybridized carbons (Fsp3) is 0.800. The van der Waals surface area contributed by atoms with Crippen molar-refractivity contribution in [2.45, 2.75) is 40.0 Å². The summed E-state index contributed by atoms with van der Waals surface area (Å²) in [6, 6.07) is 0. The number of carboxylic acid groups (broad SMARTS) is 1. The monoisotopic (exact) mass is 279 g/mol. The van der Waals surface area contributed by atoms with Gasteiger partial charge in [-0.25, -0.2) is 0 Å². The van der Waals surface area contributed by atoms with E-state index in [2.05, 4.69) is 12.1 Å². The number of carbonyl (C=O) groups is 2. The van der Waals surface area contributed by atoms with Gasteiger partial charge in [0.25, 0.3) is 0 Å². The first kappa shape index (κ1) is 13.6. The van der Waals surface area contributed by atoms with Crippen LogP contribution in [0.1, 0.15) is 40.0 Å². The van der Waals surface area contributed by atoms with Crippen LogP contribution in [0.3, 0.4) is 0 Å². The van der Waals surface area contributed by atoms with Crippen LogP contribution in [-0.2, 0) is 9.59 Å². The molecule has 4 bridgehead atoms. The first-order valence-electron chi connectivity index (χ1n) is 7.28. The molecular formula is C15H21NO4. The van der Waals surface area contributed by atoms with E-state index in [0.29, 0.717) is 18.6 Å². The fourth-order valence-corrected chi connectivity index (χ4v) is 5.55. The SMILES string of the molecule is CC1/C(=N\O)CC2C3(C)CCC2(C(C)C(=O)O)C(=O)C13. The molecule has 5 nitrogen and oxygen atoms in total. The van der Waals surface area contributed by atoms with Gasteiger partial charge in [0.05, 0.1) is 11.6 Å². The molecule has 0 heterocycles. The van der Waals surface area contributed by atoms with E-state index in [0.717, 1.165) is 6.42 Å². The second-order valence-electron chi connectivity index (χ2n) is 7.08. The molecule has 3 fully saturated rings. The van der Waals surface area contributed by atoms with Gasteiger partial charge in [0.1, 0.15) is 5.78 Å². The molecule has 0 aliphatic heterocycles. The second-order valence-corrected chi connectivity index (χ2v) is 7.08. The van der Waals surface area contributed by atoms with Crippen LogP contribution in [0.2, 0.25) is 0 Å². The third kappa shape index (κ3) is 1.22. The Morgan fingerprint density at radius 2 is 2.10 bits per heavy atom. The quantitative estimate of drug-likeness (QED) is 0.599. The van der Waals surface area contributed by atoms with Gasteiger partial charge in [-0.1, -0.05) is 25.9 Å². The Bertz CT molecular complexity index is 528. The zero-order valence-electron chi connectivity index (χ0n) is 12.1. The van der Waals surface area contributed by atoms with Crippen molar-refractivity contribution in [2.24, 2.45) is 39.7 Å². The van der Waals surface area contributed by atoms with Crippen molar-refractivity contribution < 1.29 is 19.9 Å². The van der Waals surface area contributed by atoms with Crippen molar-refractivity contribution in [3.63, 3.8) is 0 Å². The van der Waals surface area contributed by atoms with E-state index in [1.807, 2.05) is 6.92 Å². The zero-order chi connectivity index (χ0) is 14.9. The van der Waals surface area contributed by atoms with Crippen molar-refractivity contribution in [3.8, 4) is 0 Å². The maximum absolute atomic E-state index is 13.0. The summed E-state index contributed by atoms with van der Waals surface area (Å²) in [6.45, 7) is 5.71. The van der Waals surface area contributed by atoms with Gasteiger partial charge in [0.2, 0.25) is 0 Å². The summed E-state index contributed by atoms with van der Waals surface area (Å²) in [6.07, 6.45) is 2.10. The van der Waals surface area contributed by atoms with Crippen LogP contribution in [-0.4, -0.2) is 27.8 Å². The Hall–Kier alpha value is -1.39. The van der Waals surface area contributed by atoms with Crippen LogP contribution in [0.15, 0.2) is 5.16 Å². The van der Waals surface area contributed by atoms with Crippen molar-refractivity contribution >= 4 is 17.5 Å². The molecule has 0 amide bonds. The van der Waals surface area contributed by atoms with Crippen LogP contribution in [0.5, 0.6) is 0 Å². The normalized spacial score (nSPS) is 49.6. The van der Waals surface area contributed by atoms with Gasteiger partial charge < -0.3 is 10.3 Å². The highest BCUT2D eigenvalue weighted by Crippen LogP contribution is 2.73. The Morgan fingerprint density at radius 1 is 1.45 bits per heavy atom. The average Bonchev–Trinajstić information content (AvgIpc) is 2.74. The lowest BCUT2D eigenvalue weighted by Gasteiger charge is -2.41. The molecule has 6 unspecified atom stereocenters. The smallest absolute Gasteiger partial charge is 0.307 e. The maximum Gasteiger partial charge on any atom is 0.307 e. The van der Waals surface area contributed by atoms with Crippen LogP contribution in [0, 0.1) is 34.5 Å². The van der Waals surface area contributed by atoms with E-state index >= 15 is 0 Å². The highest BCUT2D eigenvalue weighted by atomic mass is 16.4. The lowest BCUT2D eigenvalue weighted by atomic mass is 9.61. The summed E-state index contributed by atoms with van der Waals surface area (Å²) in [7, 11) is 0. The molecule has 5 heteroatoms. The predicted molar refractivity (Wildman–Crippen MR) is 71.6 cm³/mol. The van der Waals surface area contributed by atoms with Crippen molar-refractivity contribution in [2.75, 3.05) is 0 Å². The van der Waals surface area contributed by atoms with Crippen LogP contribution in [0.4, 0.5) is 0 Å². The largest absolute Gasteiger partial charge is 0.481 e. The van der Waals surface area contributed by atoms with E-state index in [-0.39, 0.29) is 29.0 Å². The number of Topliss-reactive ketones (excluding diaryl/α,β-unsaturated/α-hetero) is 1. The molecule has 0 radical (unpaired) electrons. The van der Waals surface area contributed by atoms with Crippen molar-refractivity contribution in [1.29, 1.82) is 0 Å². The van der Waals surface area contributed by atoms with Crippen LogP contribution < -0.4 is 0 Å². The number of oxime groups is 1. The number of ketones is 1. The lowest BCUT2D eigenvalue weighted by Crippen LogP contribution is -2.43. The van der Waals surface area contributed by atoms with Gasteiger partial charge in [0.15, 0.2) is 0 Å². The number of nitrogens with zero attached hydrogens (tertiary/aromatic N) is 1. The second kappa shape index (κ2) is 3.83. The van der Waals surface area contributed by atoms with Crippen molar-refractivity contribution in [3.05, 3.63) is 0 Å². The minimum absolute atomic E-state index is 0.000648. The molecule has 2 N–H and O–H groups in total. The Balaban J connectivity index is 2.16. The topological polar surface area (TPSA) is 87.0 Å². The van der Waals surface area contributed by atoms with Gasteiger partial charge in [-0.2, -0.15) is 0 Å². The first-order chi connectivity index (χ1) is 9.30. The van der Waals surface area contributed by atoms with E-state index in [1.54, 1.807) is 6.92 Å². The minimum Gasteiger partial charge on any atom is -0.481 e. The molecule has 3 rings (SSSR count). The van der Waals surface area contributed by atoms with Crippen LogP contribution in [0.25, 0.3) is 0 Å². The number of carbonyl (C=O) groups excluding carboxylic acids is 1. The molecule has 0 aromatic carbocycles. The third-order valence-corrected chi connectivity index (χ3v) is 6.66. The van der Waals surface area contributed by atoms with E-state index < -0.39 is 17.3 Å². The number of carboxylic acids is 1. The van der Waals surface area contributed by atoms with Gasteiger partial charge in [-0.05, 0) is 30.6 Å². The van der Waals surface area contributed by atoms with Gasteiger partial charge in [0, 0.05) is 17.3 Å². The average molecular weight is 279 g/mol. The molecule has 3 saturated carbocycles. The summed E-state index contributed by atoms with van der Waals surface area (Å²) >= 11 is 0. The molecule has 0 spiro atoms. The highest BCUT2D eigenvalue weighted by molar-refractivity contribution is 6.03. The van der Waals surface area contributed by atoms with E-state index in [4.69, 9.17) is 0 Å². The molecule has 6 atom stereocenters. The maximum atomic E-state index is 13.0. The number of hydrogen-bond donors (Lipinski definition) is 2. The standard InChI is InChI=1S/C15H21NO4/c1-7-9(16-20)6-10-14(3)4-5-15(10,8(2)13(18)19)12(17)11(7)14/h7-8,10-11,20H,4-6H2,1-3H3,(H,18,19)/b16-9-. The van der Waals surface area contributed by atoms with Gasteiger partial charge >= 0.3 is 5.97 Å². The number of rotatable bonds is 2. The summed E-state index contributed by atoms with van der Waals surface area (Å²) < 4.78 is 0. The molecule has 0 aromatic rings. The van der Waals surface area contributed by atoms with Gasteiger partial charge in [-0.15, -0.1) is 0 Å². The molecule has 20 heavy (non-hydrogen) atoms. The summed E-state index contributed by atoms with van der Waals surface area (Å²) in [5.74, 6) is -1.75. The van der Waals surface area contributed by atoms with E-state index in [1.165, 1.54) is 0 Å². The highest BCUT2D eigenvalue weighted by Gasteiger charge is 2.75.